The first-order valence-electron chi connectivity index (χ1n) is 6.48. The minimum atomic E-state index is -4.64. The second kappa shape index (κ2) is 9.08. The molecule has 1 aliphatic heterocycles. The summed E-state index contributed by atoms with van der Waals surface area (Å²) in [6.45, 7) is 5.86. The molecule has 23 heavy (non-hydrogen) atoms. The Morgan fingerprint density at radius 2 is 1.78 bits per heavy atom. The highest BCUT2D eigenvalue weighted by atomic mass is 35.5. The van der Waals surface area contributed by atoms with Crippen molar-refractivity contribution in [3.05, 3.63) is 46.8 Å². The zero-order valence-electron chi connectivity index (χ0n) is 12.0. The van der Waals surface area contributed by atoms with E-state index in [2.05, 4.69) is 11.9 Å². The molecule has 0 spiro atoms. The Bertz CT molecular complexity index is 531. The monoisotopic (exact) mass is 394 g/mol. The average molecular weight is 396 g/mol. The minimum absolute atomic E-state index is 0. The van der Waals surface area contributed by atoms with Crippen molar-refractivity contribution in [1.29, 1.82) is 0 Å². The van der Waals surface area contributed by atoms with Gasteiger partial charge < -0.3 is 5.32 Å². The molecule has 0 amide bonds. The summed E-state index contributed by atoms with van der Waals surface area (Å²) in [6.07, 6.45) is -3.31. The molecule has 0 aromatic heterocycles. The molecule has 132 valence electrons. The third-order valence-electron chi connectivity index (χ3n) is 3.50. The number of halogens is 7. The van der Waals surface area contributed by atoms with Crippen LogP contribution in [0.25, 0.3) is 0 Å². The van der Waals surface area contributed by atoms with E-state index in [1.165, 1.54) is 6.08 Å². The highest BCUT2D eigenvalue weighted by Crippen LogP contribution is 2.40. The van der Waals surface area contributed by atoms with E-state index in [1.54, 1.807) is 4.90 Å². The van der Waals surface area contributed by atoms with E-state index >= 15 is 0 Å². The quantitative estimate of drug-likeness (QED) is 0.600. The van der Waals surface area contributed by atoms with Crippen molar-refractivity contribution in [1.82, 2.24) is 10.2 Å². The number of hydrogen-bond acceptors (Lipinski definition) is 2. The molecule has 0 radical (unpaired) electrons. The van der Waals surface area contributed by atoms with Gasteiger partial charge in [-0.3, -0.25) is 4.90 Å². The number of nitrogens with one attached hydrogen (secondary N) is 1. The number of alkyl halides is 3. The van der Waals surface area contributed by atoms with E-state index in [9.17, 15) is 17.6 Å². The van der Waals surface area contributed by atoms with E-state index in [-0.39, 0.29) is 29.8 Å². The zero-order valence-corrected chi connectivity index (χ0v) is 14.4. The molecule has 1 N–H and O–H groups in total. The van der Waals surface area contributed by atoms with Crippen LogP contribution in [0.2, 0.25) is 5.02 Å². The van der Waals surface area contributed by atoms with Crippen LogP contribution in [0.4, 0.5) is 17.6 Å². The predicted octanol–water partition coefficient (Wildman–Crippen LogP) is 4.47. The van der Waals surface area contributed by atoms with Crippen molar-refractivity contribution in [2.45, 2.75) is 12.2 Å². The van der Waals surface area contributed by atoms with Crippen LogP contribution in [-0.2, 0) is 6.18 Å². The van der Waals surface area contributed by atoms with Crippen LogP contribution in [0, 0.1) is 5.82 Å². The molecule has 1 heterocycles. The highest BCUT2D eigenvalue weighted by Gasteiger charge is 2.38. The fraction of sp³-hybridized carbons (Fsp3) is 0.429. The van der Waals surface area contributed by atoms with Gasteiger partial charge in [0, 0.05) is 31.7 Å². The van der Waals surface area contributed by atoms with Gasteiger partial charge in [0.15, 0.2) is 0 Å². The molecule has 1 atom stereocenters. The molecule has 1 aromatic rings. The molecular formula is C14H17Cl3F4N2. The maximum atomic E-state index is 14.3. The number of nitrogens with zero attached hydrogens (tertiary/aromatic N) is 1. The van der Waals surface area contributed by atoms with Crippen LogP contribution in [-0.4, -0.2) is 31.1 Å². The molecule has 2 rings (SSSR count). The van der Waals surface area contributed by atoms with Gasteiger partial charge >= 0.3 is 6.18 Å². The third-order valence-corrected chi connectivity index (χ3v) is 3.79. The van der Waals surface area contributed by atoms with E-state index < -0.39 is 29.2 Å². The average Bonchev–Trinajstić information content (AvgIpc) is 2.44. The highest BCUT2D eigenvalue weighted by molar-refractivity contribution is 6.30. The van der Waals surface area contributed by atoms with Gasteiger partial charge in [-0.2, -0.15) is 13.2 Å². The van der Waals surface area contributed by atoms with Crippen LogP contribution in [0.5, 0.6) is 0 Å². The molecule has 1 fully saturated rings. The van der Waals surface area contributed by atoms with Gasteiger partial charge in [-0.15, -0.1) is 31.4 Å². The molecule has 0 bridgehead atoms. The van der Waals surface area contributed by atoms with Crippen LogP contribution in [0.3, 0.4) is 0 Å². The van der Waals surface area contributed by atoms with Crippen molar-refractivity contribution >= 4 is 36.4 Å². The lowest BCUT2D eigenvalue weighted by molar-refractivity contribution is -0.138. The Morgan fingerprint density at radius 1 is 1.22 bits per heavy atom. The molecule has 1 aliphatic rings. The lowest BCUT2D eigenvalue weighted by atomic mass is 9.97. The Balaban J connectivity index is 0.00000242. The number of benzene rings is 1. The normalized spacial score (nSPS) is 16.9. The van der Waals surface area contributed by atoms with E-state index in [4.69, 9.17) is 11.6 Å². The summed E-state index contributed by atoms with van der Waals surface area (Å²) in [5.74, 6) is -1.03. The van der Waals surface area contributed by atoms with E-state index in [0.29, 0.717) is 26.2 Å². The van der Waals surface area contributed by atoms with Crippen LogP contribution in [0.15, 0.2) is 24.8 Å². The van der Waals surface area contributed by atoms with Gasteiger partial charge in [-0.1, -0.05) is 17.7 Å². The fourth-order valence-electron chi connectivity index (χ4n) is 2.51. The summed E-state index contributed by atoms with van der Waals surface area (Å²) >= 11 is 5.67. The van der Waals surface area contributed by atoms with Gasteiger partial charge in [0.2, 0.25) is 0 Å². The van der Waals surface area contributed by atoms with Crippen LogP contribution in [0.1, 0.15) is 17.2 Å². The maximum absolute atomic E-state index is 14.3. The van der Waals surface area contributed by atoms with Crippen molar-refractivity contribution < 1.29 is 17.6 Å². The van der Waals surface area contributed by atoms with Gasteiger partial charge in [0.1, 0.15) is 5.82 Å². The molecule has 0 aliphatic carbocycles. The summed E-state index contributed by atoms with van der Waals surface area (Å²) in [7, 11) is 0. The summed E-state index contributed by atoms with van der Waals surface area (Å²) < 4.78 is 53.7. The van der Waals surface area contributed by atoms with Gasteiger partial charge in [0.25, 0.3) is 0 Å². The Kier molecular flexibility index (Phi) is 8.87. The third kappa shape index (κ3) is 4.97. The maximum Gasteiger partial charge on any atom is 0.416 e. The molecule has 1 aromatic carbocycles. The SMILES string of the molecule is C=C[C@H](c1c(C(F)(F)F)ccc(Cl)c1F)N1CCNCC1.Cl.Cl. The first kappa shape index (κ1) is 22.5. The first-order chi connectivity index (χ1) is 9.86. The molecule has 0 saturated carbocycles. The van der Waals surface area contributed by atoms with E-state index in [0.717, 1.165) is 12.1 Å². The summed E-state index contributed by atoms with van der Waals surface area (Å²) in [5.41, 5.74) is -1.46. The molecule has 9 heteroatoms. The molecular weight excluding hydrogens is 379 g/mol. The second-order valence-electron chi connectivity index (χ2n) is 4.79. The lowest BCUT2D eigenvalue weighted by Crippen LogP contribution is -2.45. The van der Waals surface area contributed by atoms with Crippen molar-refractivity contribution in [3.8, 4) is 0 Å². The topological polar surface area (TPSA) is 15.3 Å². The summed E-state index contributed by atoms with van der Waals surface area (Å²) in [5, 5.41) is 2.78. The second-order valence-corrected chi connectivity index (χ2v) is 5.19. The summed E-state index contributed by atoms with van der Waals surface area (Å²) in [4.78, 5) is 1.76. The predicted molar refractivity (Wildman–Crippen MR) is 88.3 cm³/mol. The van der Waals surface area contributed by atoms with Crippen LogP contribution < -0.4 is 5.32 Å². The van der Waals surface area contributed by atoms with Gasteiger partial charge in [-0.25, -0.2) is 4.39 Å². The Hall–Kier alpha value is -0.530. The number of hydrogen-bond donors (Lipinski definition) is 1. The molecule has 2 nitrogen and oxygen atoms in total. The largest absolute Gasteiger partial charge is 0.416 e. The Morgan fingerprint density at radius 3 is 2.26 bits per heavy atom. The number of piperazine rings is 1. The van der Waals surface area contributed by atoms with Gasteiger partial charge in [-0.05, 0) is 12.1 Å². The van der Waals surface area contributed by atoms with Crippen LogP contribution >= 0.6 is 36.4 Å². The molecule has 1 saturated heterocycles. The van der Waals surface area contributed by atoms with Gasteiger partial charge in [0.05, 0.1) is 16.6 Å². The molecule has 0 unspecified atom stereocenters. The zero-order chi connectivity index (χ0) is 15.6. The Labute approximate surface area is 149 Å². The first-order valence-corrected chi connectivity index (χ1v) is 6.86. The van der Waals surface area contributed by atoms with E-state index in [1.807, 2.05) is 0 Å². The summed E-state index contributed by atoms with van der Waals surface area (Å²) in [6, 6.07) is 0.892. The lowest BCUT2D eigenvalue weighted by Gasteiger charge is -2.34. The van der Waals surface area contributed by atoms with Crippen molar-refractivity contribution in [2.24, 2.45) is 0 Å². The van der Waals surface area contributed by atoms with Crippen molar-refractivity contribution in [3.63, 3.8) is 0 Å². The number of rotatable bonds is 3. The minimum Gasteiger partial charge on any atom is -0.314 e. The standard InChI is InChI=1S/C14H15ClF4N2.2ClH/c1-2-11(21-7-5-20-6-8-21)12-9(14(17,18)19)3-4-10(15)13(12)16;;/h2-4,11,20H,1,5-8H2;2*1H/t11-;;/m1../s1. The fourth-order valence-corrected chi connectivity index (χ4v) is 2.68. The smallest absolute Gasteiger partial charge is 0.314 e. The van der Waals surface area contributed by atoms with Crippen molar-refractivity contribution in [2.75, 3.05) is 26.2 Å².